The van der Waals surface area contributed by atoms with E-state index in [1.165, 1.54) is 0 Å². The standard InChI is InChI=1S/C27H24F9NO3.H3N/c1-39-22-13-17(7-8-21(22)29)25(15-16-5-3-2-4-6-16,37-23(38)9-10-26(32,33)34)18-11-19(28)14-20(12-18)40-27(35,36)24(30)31;/h2-5,7-8,11-14,16,24H,6,9-10,15H2,1H3,(H,37,38);1H3/t16?,25-;/m1./s1. The van der Waals surface area contributed by atoms with Gasteiger partial charge < -0.3 is 20.9 Å². The van der Waals surface area contributed by atoms with E-state index in [4.69, 9.17) is 4.74 Å². The van der Waals surface area contributed by atoms with E-state index in [2.05, 4.69) is 10.1 Å². The quantitative estimate of drug-likeness (QED) is 0.261. The summed E-state index contributed by atoms with van der Waals surface area (Å²) in [6.07, 6.45) is -9.57. The molecule has 0 saturated heterocycles. The summed E-state index contributed by atoms with van der Waals surface area (Å²) < 4.78 is 130. The van der Waals surface area contributed by atoms with Crippen molar-refractivity contribution in [1.82, 2.24) is 11.5 Å². The summed E-state index contributed by atoms with van der Waals surface area (Å²) in [6.45, 7) is 0. The number of ether oxygens (including phenoxy) is 2. The zero-order valence-corrected chi connectivity index (χ0v) is 21.6. The topological polar surface area (TPSA) is 82.6 Å². The fraction of sp³-hybridized carbons (Fsp3) is 0.370. The SMILES string of the molecule is COc1cc([C@@](CC2C=CC=CC2)(NC(=O)CCC(F)(F)F)c2cc(F)cc(OC(F)(F)C(F)F)c2)ccc1F.N. The van der Waals surface area contributed by atoms with E-state index >= 15 is 0 Å². The van der Waals surface area contributed by atoms with Gasteiger partial charge in [-0.2, -0.15) is 30.7 Å². The molecule has 14 heteroatoms. The van der Waals surface area contributed by atoms with E-state index < -0.39 is 66.3 Å². The molecule has 0 bridgehead atoms. The van der Waals surface area contributed by atoms with Crippen LogP contribution in [0.1, 0.15) is 36.8 Å². The van der Waals surface area contributed by atoms with Crippen LogP contribution in [0.4, 0.5) is 39.5 Å². The van der Waals surface area contributed by atoms with E-state index in [-0.39, 0.29) is 29.4 Å². The van der Waals surface area contributed by atoms with Crippen molar-refractivity contribution in [2.24, 2.45) is 5.92 Å². The number of allylic oxidation sites excluding steroid dienone is 4. The first-order valence-corrected chi connectivity index (χ1v) is 11.9. The number of carbonyl (C=O) groups excluding carboxylic acids is 1. The number of amides is 1. The number of hydrogen-bond acceptors (Lipinski definition) is 4. The zero-order chi connectivity index (χ0) is 29.7. The Kier molecular flexibility index (Phi) is 10.9. The van der Waals surface area contributed by atoms with Gasteiger partial charge in [-0.05, 0) is 54.2 Å². The molecule has 1 aliphatic rings. The van der Waals surface area contributed by atoms with Crippen LogP contribution < -0.4 is 20.9 Å². The fourth-order valence-corrected chi connectivity index (χ4v) is 4.32. The average molecular weight is 599 g/mol. The van der Waals surface area contributed by atoms with Crippen molar-refractivity contribution in [1.29, 1.82) is 0 Å². The maximum atomic E-state index is 14.8. The van der Waals surface area contributed by atoms with E-state index in [1.54, 1.807) is 24.3 Å². The number of alkyl halides is 7. The third-order valence-corrected chi connectivity index (χ3v) is 6.14. The number of halogens is 9. The van der Waals surface area contributed by atoms with Crippen molar-refractivity contribution in [3.05, 3.63) is 83.5 Å². The van der Waals surface area contributed by atoms with Crippen molar-refractivity contribution >= 4 is 5.91 Å². The van der Waals surface area contributed by atoms with Gasteiger partial charge in [-0.15, -0.1) is 0 Å². The normalized spacial score (nSPS) is 16.6. The monoisotopic (exact) mass is 598 g/mol. The average Bonchev–Trinajstić information content (AvgIpc) is 2.87. The molecule has 3 rings (SSSR count). The molecule has 2 atom stereocenters. The molecule has 2 aromatic rings. The Morgan fingerprint density at radius 3 is 2.32 bits per heavy atom. The van der Waals surface area contributed by atoms with E-state index in [0.717, 1.165) is 37.4 Å². The minimum atomic E-state index is -5.01. The highest BCUT2D eigenvalue weighted by atomic mass is 19.4. The Bertz CT molecular complexity index is 1270. The molecule has 0 aromatic heterocycles. The maximum absolute atomic E-state index is 14.8. The third kappa shape index (κ3) is 8.65. The predicted molar refractivity (Wildman–Crippen MR) is 131 cm³/mol. The van der Waals surface area contributed by atoms with E-state index in [1.807, 2.05) is 0 Å². The molecule has 4 N–H and O–H groups in total. The first kappa shape index (κ1) is 33.5. The van der Waals surface area contributed by atoms with Gasteiger partial charge in [0.25, 0.3) is 0 Å². The molecule has 0 aliphatic heterocycles. The van der Waals surface area contributed by atoms with Crippen LogP contribution in [0.5, 0.6) is 11.5 Å². The molecule has 1 amide bonds. The number of carbonyl (C=O) groups is 1. The molecular weight excluding hydrogens is 571 g/mol. The molecule has 5 nitrogen and oxygen atoms in total. The second kappa shape index (κ2) is 13.3. The van der Waals surface area contributed by atoms with Gasteiger partial charge in [0.05, 0.1) is 19.1 Å². The van der Waals surface area contributed by atoms with Gasteiger partial charge in [0.15, 0.2) is 11.6 Å². The first-order valence-electron chi connectivity index (χ1n) is 11.9. The summed E-state index contributed by atoms with van der Waals surface area (Å²) in [5.41, 5.74) is -2.32. The summed E-state index contributed by atoms with van der Waals surface area (Å²) in [4.78, 5) is 12.9. The lowest BCUT2D eigenvalue weighted by Crippen LogP contribution is -2.48. The molecular formula is C27H27F9N2O3. The number of benzene rings is 2. The first-order chi connectivity index (χ1) is 18.6. The van der Waals surface area contributed by atoms with Gasteiger partial charge >= 0.3 is 18.7 Å². The molecule has 0 heterocycles. The van der Waals surface area contributed by atoms with Crippen LogP contribution in [0.2, 0.25) is 0 Å². The van der Waals surface area contributed by atoms with Gasteiger partial charge in [-0.25, -0.2) is 8.78 Å². The summed E-state index contributed by atoms with van der Waals surface area (Å²) >= 11 is 0. The highest BCUT2D eigenvalue weighted by molar-refractivity contribution is 5.78. The molecule has 2 aromatic carbocycles. The molecule has 1 aliphatic carbocycles. The van der Waals surface area contributed by atoms with Crippen LogP contribution in [-0.2, 0) is 10.3 Å². The van der Waals surface area contributed by atoms with Crippen LogP contribution >= 0.6 is 0 Å². The zero-order valence-electron chi connectivity index (χ0n) is 21.6. The van der Waals surface area contributed by atoms with Gasteiger partial charge in [0.1, 0.15) is 11.6 Å². The molecule has 1 unspecified atom stereocenters. The molecule has 226 valence electrons. The van der Waals surface area contributed by atoms with Gasteiger partial charge in [0, 0.05) is 12.5 Å². The lowest BCUT2D eigenvalue weighted by Gasteiger charge is -2.39. The Balaban J connectivity index is 0.00000588. The molecule has 0 radical (unpaired) electrons. The van der Waals surface area contributed by atoms with Crippen LogP contribution in [-0.4, -0.2) is 31.7 Å². The lowest BCUT2D eigenvalue weighted by atomic mass is 9.74. The third-order valence-electron chi connectivity index (χ3n) is 6.14. The number of hydrogen-bond donors (Lipinski definition) is 2. The van der Waals surface area contributed by atoms with Crippen LogP contribution in [0.3, 0.4) is 0 Å². The maximum Gasteiger partial charge on any atom is 0.461 e. The smallest absolute Gasteiger partial charge is 0.461 e. The van der Waals surface area contributed by atoms with Gasteiger partial charge in [-0.3, -0.25) is 4.79 Å². The highest BCUT2D eigenvalue weighted by Crippen LogP contribution is 2.42. The Labute approximate surface area is 229 Å². The summed E-state index contributed by atoms with van der Waals surface area (Å²) in [5.74, 6) is -5.06. The second-order valence-electron chi connectivity index (χ2n) is 9.07. The van der Waals surface area contributed by atoms with E-state index in [9.17, 15) is 44.3 Å². The van der Waals surface area contributed by atoms with Gasteiger partial charge in [-0.1, -0.05) is 30.4 Å². The van der Waals surface area contributed by atoms with Crippen molar-refractivity contribution in [3.63, 3.8) is 0 Å². The molecule has 41 heavy (non-hydrogen) atoms. The predicted octanol–water partition coefficient (Wildman–Crippen LogP) is 7.60. The van der Waals surface area contributed by atoms with Crippen molar-refractivity contribution < 1.29 is 53.8 Å². The largest absolute Gasteiger partial charge is 0.494 e. The Morgan fingerprint density at radius 1 is 1.02 bits per heavy atom. The number of nitrogens with one attached hydrogen (secondary N) is 1. The van der Waals surface area contributed by atoms with Crippen LogP contribution in [0, 0.1) is 17.6 Å². The van der Waals surface area contributed by atoms with Crippen LogP contribution in [0.15, 0.2) is 60.7 Å². The fourth-order valence-electron chi connectivity index (χ4n) is 4.32. The van der Waals surface area contributed by atoms with Crippen LogP contribution in [0.25, 0.3) is 0 Å². The minimum absolute atomic E-state index is 0. The van der Waals surface area contributed by atoms with Crippen molar-refractivity contribution in [3.8, 4) is 11.5 Å². The Hall–Kier alpha value is -3.68. The Morgan fingerprint density at radius 2 is 1.73 bits per heavy atom. The van der Waals surface area contributed by atoms with E-state index in [0.29, 0.717) is 12.5 Å². The van der Waals surface area contributed by atoms with Crippen molar-refractivity contribution in [2.45, 2.75) is 49.9 Å². The van der Waals surface area contributed by atoms with Gasteiger partial charge in [0.2, 0.25) is 5.91 Å². The minimum Gasteiger partial charge on any atom is -0.494 e. The lowest BCUT2D eigenvalue weighted by molar-refractivity contribution is -0.253. The molecule has 0 spiro atoms. The second-order valence-corrected chi connectivity index (χ2v) is 9.07. The molecule has 0 saturated carbocycles. The highest BCUT2D eigenvalue weighted by Gasteiger charge is 2.45. The summed E-state index contributed by atoms with van der Waals surface area (Å²) in [6, 6.07) is 5.16. The number of methoxy groups -OCH3 is 1. The number of rotatable bonds is 11. The molecule has 0 fully saturated rings. The summed E-state index contributed by atoms with van der Waals surface area (Å²) in [7, 11) is 1.13. The summed E-state index contributed by atoms with van der Waals surface area (Å²) in [5, 5.41) is 2.46. The van der Waals surface area contributed by atoms with Crippen molar-refractivity contribution in [2.75, 3.05) is 7.11 Å².